The van der Waals surface area contributed by atoms with Crippen LogP contribution in [-0.2, 0) is 0 Å². The van der Waals surface area contributed by atoms with E-state index in [1.807, 2.05) is 0 Å². The van der Waals surface area contributed by atoms with Crippen molar-refractivity contribution < 1.29 is 17.6 Å². The van der Waals surface area contributed by atoms with E-state index in [0.29, 0.717) is 6.07 Å². The first-order valence-electron chi connectivity index (χ1n) is 2.95. The number of rotatable bonds is 1. The first-order chi connectivity index (χ1) is 5.54. The molecule has 0 unspecified atom stereocenters. The van der Waals surface area contributed by atoms with Gasteiger partial charge in [0.05, 0.1) is 10.6 Å². The molecule has 0 aromatic heterocycles. The predicted molar refractivity (Wildman–Crippen MR) is 36.3 cm³/mol. The van der Waals surface area contributed by atoms with Crippen molar-refractivity contribution in [3.63, 3.8) is 0 Å². The van der Waals surface area contributed by atoms with Crippen molar-refractivity contribution in [2.45, 2.75) is 6.43 Å². The molecule has 0 N–H and O–H groups in total. The van der Waals surface area contributed by atoms with E-state index in [-0.39, 0.29) is 0 Å². The highest BCUT2D eigenvalue weighted by Crippen LogP contribution is 2.28. The molecular formula is C7H3ClF4. The second-order valence-corrected chi connectivity index (χ2v) is 2.46. The van der Waals surface area contributed by atoms with Crippen LogP contribution in [0.4, 0.5) is 17.6 Å². The second-order valence-electron chi connectivity index (χ2n) is 2.06. The van der Waals surface area contributed by atoms with E-state index < -0.39 is 28.6 Å². The van der Waals surface area contributed by atoms with E-state index in [9.17, 15) is 17.6 Å². The predicted octanol–water partition coefficient (Wildman–Crippen LogP) is 3.56. The van der Waals surface area contributed by atoms with Crippen molar-refractivity contribution in [3.05, 3.63) is 34.4 Å². The van der Waals surface area contributed by atoms with Crippen LogP contribution < -0.4 is 0 Å². The standard InChI is InChI=1S/C7H3ClF4/c8-3-1-2-4(9)5(6(3)10)7(11)12/h1-2,7H. The molecule has 0 amide bonds. The normalized spacial score (nSPS) is 10.8. The summed E-state index contributed by atoms with van der Waals surface area (Å²) >= 11 is 5.15. The minimum atomic E-state index is -3.19. The minimum absolute atomic E-state index is 0.508. The third kappa shape index (κ3) is 1.53. The molecule has 0 aliphatic carbocycles. The van der Waals surface area contributed by atoms with Crippen LogP contribution in [0.25, 0.3) is 0 Å². The fourth-order valence-electron chi connectivity index (χ4n) is 0.743. The minimum Gasteiger partial charge on any atom is -0.206 e. The average Bonchev–Trinajstić information content (AvgIpc) is 1.97. The maximum Gasteiger partial charge on any atom is 0.269 e. The summed E-state index contributed by atoms with van der Waals surface area (Å²) in [5, 5.41) is -0.508. The van der Waals surface area contributed by atoms with Gasteiger partial charge in [-0.3, -0.25) is 0 Å². The van der Waals surface area contributed by atoms with Gasteiger partial charge in [-0.15, -0.1) is 0 Å². The van der Waals surface area contributed by atoms with Crippen molar-refractivity contribution >= 4 is 11.6 Å². The van der Waals surface area contributed by atoms with Gasteiger partial charge in [-0.05, 0) is 12.1 Å². The van der Waals surface area contributed by atoms with Crippen LogP contribution in [0.2, 0.25) is 5.02 Å². The van der Waals surface area contributed by atoms with Crippen LogP contribution in [-0.4, -0.2) is 0 Å². The molecule has 0 fully saturated rings. The van der Waals surface area contributed by atoms with E-state index in [0.717, 1.165) is 6.07 Å². The monoisotopic (exact) mass is 198 g/mol. The summed E-state index contributed by atoms with van der Waals surface area (Å²) in [4.78, 5) is 0. The number of hydrogen-bond acceptors (Lipinski definition) is 0. The van der Waals surface area contributed by atoms with Crippen LogP contribution in [0.5, 0.6) is 0 Å². The molecule has 0 atom stereocenters. The summed E-state index contributed by atoms with van der Waals surface area (Å²) in [5.41, 5.74) is -1.28. The molecule has 0 saturated heterocycles. The Morgan fingerprint density at radius 1 is 1.17 bits per heavy atom. The van der Waals surface area contributed by atoms with E-state index in [1.54, 1.807) is 0 Å². The van der Waals surface area contributed by atoms with Crippen LogP contribution >= 0.6 is 11.6 Å². The van der Waals surface area contributed by atoms with Gasteiger partial charge in [0.15, 0.2) is 5.82 Å². The number of alkyl halides is 2. The van der Waals surface area contributed by atoms with Crippen LogP contribution in [0, 0.1) is 11.6 Å². The van der Waals surface area contributed by atoms with Gasteiger partial charge in [-0.1, -0.05) is 11.6 Å². The average molecular weight is 199 g/mol. The highest BCUT2D eigenvalue weighted by Gasteiger charge is 2.20. The van der Waals surface area contributed by atoms with Crippen molar-refractivity contribution in [3.8, 4) is 0 Å². The lowest BCUT2D eigenvalue weighted by Crippen LogP contribution is -1.96. The zero-order valence-corrected chi connectivity index (χ0v) is 6.38. The second kappa shape index (κ2) is 3.31. The highest BCUT2D eigenvalue weighted by molar-refractivity contribution is 6.30. The SMILES string of the molecule is Fc1ccc(Cl)c(F)c1C(F)F. The lowest BCUT2D eigenvalue weighted by atomic mass is 10.2. The summed E-state index contributed by atoms with van der Waals surface area (Å²) in [6, 6.07) is 1.59. The van der Waals surface area contributed by atoms with Crippen LogP contribution in [0.1, 0.15) is 12.0 Å². The summed E-state index contributed by atoms with van der Waals surface area (Å²) in [6.07, 6.45) is -3.19. The fraction of sp³-hybridized carbons (Fsp3) is 0.143. The Morgan fingerprint density at radius 3 is 2.17 bits per heavy atom. The molecule has 1 aromatic rings. The fourth-order valence-corrected chi connectivity index (χ4v) is 0.908. The quantitative estimate of drug-likeness (QED) is 0.478. The summed E-state index contributed by atoms with van der Waals surface area (Å²) < 4.78 is 49.0. The third-order valence-corrected chi connectivity index (χ3v) is 1.59. The van der Waals surface area contributed by atoms with Crippen molar-refractivity contribution in [1.82, 2.24) is 0 Å². The first kappa shape index (κ1) is 9.32. The van der Waals surface area contributed by atoms with Crippen LogP contribution in [0.15, 0.2) is 12.1 Å². The van der Waals surface area contributed by atoms with E-state index in [4.69, 9.17) is 11.6 Å². The topological polar surface area (TPSA) is 0 Å². The summed E-state index contributed by atoms with van der Waals surface area (Å²) in [7, 11) is 0. The van der Waals surface area contributed by atoms with Crippen molar-refractivity contribution in [2.75, 3.05) is 0 Å². The molecule has 0 saturated carbocycles. The number of benzene rings is 1. The summed E-state index contributed by atoms with van der Waals surface area (Å²) in [5.74, 6) is -2.68. The van der Waals surface area contributed by atoms with Crippen molar-refractivity contribution in [1.29, 1.82) is 0 Å². The third-order valence-electron chi connectivity index (χ3n) is 1.30. The Hall–Kier alpha value is -0.770. The molecule has 0 heterocycles. The van der Waals surface area contributed by atoms with E-state index in [1.165, 1.54) is 0 Å². The molecule has 0 nitrogen and oxygen atoms in total. The first-order valence-corrected chi connectivity index (χ1v) is 3.33. The number of hydrogen-bond donors (Lipinski definition) is 0. The van der Waals surface area contributed by atoms with Crippen molar-refractivity contribution in [2.24, 2.45) is 0 Å². The van der Waals surface area contributed by atoms with Gasteiger partial charge in [-0.25, -0.2) is 17.6 Å². The molecule has 0 aliphatic rings. The van der Waals surface area contributed by atoms with Gasteiger partial charge in [-0.2, -0.15) is 0 Å². The molecule has 0 aliphatic heterocycles. The molecule has 1 aromatic carbocycles. The lowest BCUT2D eigenvalue weighted by molar-refractivity contribution is 0.141. The molecular weight excluding hydrogens is 196 g/mol. The number of halogens is 5. The van der Waals surface area contributed by atoms with E-state index >= 15 is 0 Å². The molecule has 0 bridgehead atoms. The van der Waals surface area contributed by atoms with Gasteiger partial charge in [0.2, 0.25) is 0 Å². The van der Waals surface area contributed by atoms with Gasteiger partial charge in [0, 0.05) is 0 Å². The Kier molecular flexibility index (Phi) is 2.57. The molecule has 0 spiro atoms. The van der Waals surface area contributed by atoms with Gasteiger partial charge in [0.1, 0.15) is 5.82 Å². The smallest absolute Gasteiger partial charge is 0.206 e. The Balaban J connectivity index is 3.33. The maximum atomic E-state index is 12.7. The summed E-state index contributed by atoms with van der Waals surface area (Å²) in [6.45, 7) is 0. The zero-order valence-electron chi connectivity index (χ0n) is 5.62. The molecule has 1 rings (SSSR count). The maximum absolute atomic E-state index is 12.7. The largest absolute Gasteiger partial charge is 0.269 e. The Bertz CT molecular complexity index is 298. The van der Waals surface area contributed by atoms with Gasteiger partial charge in [0.25, 0.3) is 6.43 Å². The van der Waals surface area contributed by atoms with Gasteiger partial charge >= 0.3 is 0 Å². The zero-order chi connectivity index (χ0) is 9.30. The molecule has 5 heteroatoms. The van der Waals surface area contributed by atoms with Crippen LogP contribution in [0.3, 0.4) is 0 Å². The Morgan fingerprint density at radius 2 is 1.75 bits per heavy atom. The molecule has 66 valence electrons. The Labute approximate surface area is 70.8 Å². The highest BCUT2D eigenvalue weighted by atomic mass is 35.5. The lowest BCUT2D eigenvalue weighted by Gasteiger charge is -2.03. The molecule has 0 radical (unpaired) electrons. The van der Waals surface area contributed by atoms with E-state index in [2.05, 4.69) is 0 Å². The molecule has 12 heavy (non-hydrogen) atoms. The van der Waals surface area contributed by atoms with Gasteiger partial charge < -0.3 is 0 Å².